The minimum Gasteiger partial charge on any atom is -0.391 e. The van der Waals surface area contributed by atoms with E-state index in [9.17, 15) is 5.11 Å². The Balaban J connectivity index is 1.78. The molecule has 0 amide bonds. The molecule has 2 nitrogen and oxygen atoms in total. The van der Waals surface area contributed by atoms with Crippen molar-refractivity contribution in [1.29, 1.82) is 0 Å². The van der Waals surface area contributed by atoms with Crippen molar-refractivity contribution >= 4 is 0 Å². The van der Waals surface area contributed by atoms with Gasteiger partial charge in [-0.2, -0.15) is 0 Å². The number of aliphatic hydroxyl groups is 1. The van der Waals surface area contributed by atoms with Crippen LogP contribution in [0.1, 0.15) is 44.9 Å². The standard InChI is InChI=1S/C12H23NO/c1-13(9-10-5-2-3-6-10)11-7-4-8-12(11)14/h10-12,14H,2-9H2,1H3/t11-,12-/m0/s1. The van der Waals surface area contributed by atoms with Crippen LogP contribution in [0.5, 0.6) is 0 Å². The van der Waals surface area contributed by atoms with Crippen molar-refractivity contribution < 1.29 is 5.11 Å². The number of hydrogen-bond acceptors (Lipinski definition) is 2. The van der Waals surface area contributed by atoms with Crippen LogP contribution in [0.3, 0.4) is 0 Å². The van der Waals surface area contributed by atoms with E-state index in [0.29, 0.717) is 6.04 Å². The smallest absolute Gasteiger partial charge is 0.0695 e. The lowest BCUT2D eigenvalue weighted by Gasteiger charge is -2.29. The van der Waals surface area contributed by atoms with Gasteiger partial charge in [0.05, 0.1) is 6.10 Å². The van der Waals surface area contributed by atoms with Crippen molar-refractivity contribution in [2.75, 3.05) is 13.6 Å². The fourth-order valence-electron chi connectivity index (χ4n) is 3.17. The Kier molecular flexibility index (Phi) is 3.45. The van der Waals surface area contributed by atoms with E-state index in [2.05, 4.69) is 11.9 Å². The molecule has 2 saturated carbocycles. The SMILES string of the molecule is CN(CC1CCCC1)[C@H]1CCC[C@@H]1O. The third kappa shape index (κ3) is 2.29. The molecule has 0 aromatic carbocycles. The lowest BCUT2D eigenvalue weighted by Crippen LogP contribution is -2.39. The second kappa shape index (κ2) is 4.63. The molecule has 2 aliphatic carbocycles. The highest BCUT2D eigenvalue weighted by atomic mass is 16.3. The molecule has 0 aliphatic heterocycles. The van der Waals surface area contributed by atoms with Gasteiger partial charge in [0, 0.05) is 12.6 Å². The molecule has 2 aliphatic rings. The molecule has 14 heavy (non-hydrogen) atoms. The molecule has 0 radical (unpaired) electrons. The van der Waals surface area contributed by atoms with Gasteiger partial charge in [-0.1, -0.05) is 12.8 Å². The first-order valence-corrected chi connectivity index (χ1v) is 6.15. The summed E-state index contributed by atoms with van der Waals surface area (Å²) in [6, 6.07) is 0.454. The highest BCUT2D eigenvalue weighted by molar-refractivity contribution is 4.85. The monoisotopic (exact) mass is 197 g/mol. The molecule has 2 rings (SSSR count). The fourth-order valence-corrected chi connectivity index (χ4v) is 3.17. The van der Waals surface area contributed by atoms with Gasteiger partial charge in [-0.3, -0.25) is 0 Å². The Morgan fingerprint density at radius 2 is 1.79 bits per heavy atom. The average Bonchev–Trinajstić information content (AvgIpc) is 2.75. The summed E-state index contributed by atoms with van der Waals surface area (Å²) < 4.78 is 0. The van der Waals surface area contributed by atoms with Gasteiger partial charge in [-0.15, -0.1) is 0 Å². The van der Waals surface area contributed by atoms with Crippen molar-refractivity contribution in [3.05, 3.63) is 0 Å². The van der Waals surface area contributed by atoms with E-state index >= 15 is 0 Å². The van der Waals surface area contributed by atoms with Crippen molar-refractivity contribution in [3.63, 3.8) is 0 Å². The van der Waals surface area contributed by atoms with Crippen LogP contribution >= 0.6 is 0 Å². The molecule has 2 heteroatoms. The first kappa shape index (κ1) is 10.4. The van der Waals surface area contributed by atoms with Gasteiger partial charge in [0.25, 0.3) is 0 Å². The maximum absolute atomic E-state index is 9.79. The molecule has 0 saturated heterocycles. The van der Waals surface area contributed by atoms with Crippen LogP contribution in [0, 0.1) is 5.92 Å². The molecular weight excluding hydrogens is 174 g/mol. The summed E-state index contributed by atoms with van der Waals surface area (Å²) in [4.78, 5) is 2.41. The van der Waals surface area contributed by atoms with E-state index < -0.39 is 0 Å². The highest BCUT2D eigenvalue weighted by Gasteiger charge is 2.30. The van der Waals surface area contributed by atoms with Gasteiger partial charge >= 0.3 is 0 Å². The maximum atomic E-state index is 9.79. The van der Waals surface area contributed by atoms with E-state index in [0.717, 1.165) is 12.3 Å². The quantitative estimate of drug-likeness (QED) is 0.748. The largest absolute Gasteiger partial charge is 0.391 e. The van der Waals surface area contributed by atoms with Crippen molar-refractivity contribution in [2.24, 2.45) is 5.92 Å². The third-order valence-corrected chi connectivity index (χ3v) is 4.03. The van der Waals surface area contributed by atoms with Gasteiger partial charge in [-0.05, 0) is 45.1 Å². The number of aliphatic hydroxyl groups excluding tert-OH is 1. The normalized spacial score (nSPS) is 34.5. The molecule has 0 aromatic rings. The summed E-state index contributed by atoms with van der Waals surface area (Å²) in [6.07, 6.45) is 9.03. The highest BCUT2D eigenvalue weighted by Crippen LogP contribution is 2.28. The number of likely N-dealkylation sites (N-methyl/N-ethyl adjacent to an activating group) is 1. The van der Waals surface area contributed by atoms with Gasteiger partial charge in [0.1, 0.15) is 0 Å². The maximum Gasteiger partial charge on any atom is 0.0695 e. The summed E-state index contributed by atoms with van der Waals surface area (Å²) in [5.41, 5.74) is 0. The van der Waals surface area contributed by atoms with Crippen LogP contribution in [0.25, 0.3) is 0 Å². The second-order valence-electron chi connectivity index (χ2n) is 5.16. The first-order chi connectivity index (χ1) is 6.77. The van der Waals surface area contributed by atoms with Gasteiger partial charge in [-0.25, -0.2) is 0 Å². The Hall–Kier alpha value is -0.0800. The predicted molar refractivity (Wildman–Crippen MR) is 58.2 cm³/mol. The molecule has 82 valence electrons. The van der Waals surface area contributed by atoms with Gasteiger partial charge < -0.3 is 10.0 Å². The number of hydrogen-bond donors (Lipinski definition) is 1. The molecule has 0 heterocycles. The van der Waals surface area contributed by atoms with Gasteiger partial charge in [0.2, 0.25) is 0 Å². The van der Waals surface area contributed by atoms with Crippen LogP contribution in [-0.2, 0) is 0 Å². The Bertz CT molecular complexity index is 177. The van der Waals surface area contributed by atoms with Crippen molar-refractivity contribution in [1.82, 2.24) is 4.90 Å². The summed E-state index contributed by atoms with van der Waals surface area (Å²) in [7, 11) is 2.19. The molecule has 0 spiro atoms. The molecule has 1 N–H and O–H groups in total. The lowest BCUT2D eigenvalue weighted by atomic mass is 10.1. The zero-order valence-corrected chi connectivity index (χ0v) is 9.28. The number of rotatable bonds is 3. The lowest BCUT2D eigenvalue weighted by molar-refractivity contribution is 0.0777. The summed E-state index contributed by atoms with van der Waals surface area (Å²) in [5, 5.41) is 9.79. The van der Waals surface area contributed by atoms with E-state index in [1.165, 1.54) is 45.1 Å². The Labute approximate surface area is 87.3 Å². The van der Waals surface area contributed by atoms with E-state index in [1.807, 2.05) is 0 Å². The second-order valence-corrected chi connectivity index (χ2v) is 5.16. The average molecular weight is 197 g/mol. The summed E-state index contributed by atoms with van der Waals surface area (Å²) >= 11 is 0. The van der Waals surface area contributed by atoms with Crippen LogP contribution in [0.4, 0.5) is 0 Å². The Morgan fingerprint density at radius 1 is 1.07 bits per heavy atom. The zero-order valence-electron chi connectivity index (χ0n) is 9.28. The molecule has 0 unspecified atom stereocenters. The van der Waals surface area contributed by atoms with Crippen molar-refractivity contribution in [2.45, 2.75) is 57.1 Å². The summed E-state index contributed by atoms with van der Waals surface area (Å²) in [6.45, 7) is 1.21. The van der Waals surface area contributed by atoms with Crippen LogP contribution in [0.2, 0.25) is 0 Å². The third-order valence-electron chi connectivity index (χ3n) is 4.03. The Morgan fingerprint density at radius 3 is 2.36 bits per heavy atom. The van der Waals surface area contributed by atoms with Crippen molar-refractivity contribution in [3.8, 4) is 0 Å². The molecule has 2 atom stereocenters. The van der Waals surface area contributed by atoms with Gasteiger partial charge in [0.15, 0.2) is 0 Å². The summed E-state index contributed by atoms with van der Waals surface area (Å²) in [5.74, 6) is 0.910. The fraction of sp³-hybridized carbons (Fsp3) is 1.00. The zero-order chi connectivity index (χ0) is 9.97. The first-order valence-electron chi connectivity index (χ1n) is 6.15. The number of nitrogens with zero attached hydrogens (tertiary/aromatic N) is 1. The topological polar surface area (TPSA) is 23.5 Å². The molecular formula is C12H23NO. The predicted octanol–water partition coefficient (Wildman–Crippen LogP) is 2.02. The van der Waals surface area contributed by atoms with E-state index in [4.69, 9.17) is 0 Å². The van der Waals surface area contributed by atoms with E-state index in [1.54, 1.807) is 0 Å². The minimum absolute atomic E-state index is 0.0543. The molecule has 2 fully saturated rings. The van der Waals surface area contributed by atoms with Crippen LogP contribution in [0.15, 0.2) is 0 Å². The van der Waals surface area contributed by atoms with Crippen LogP contribution < -0.4 is 0 Å². The molecule has 0 bridgehead atoms. The van der Waals surface area contributed by atoms with Crippen LogP contribution in [-0.4, -0.2) is 35.7 Å². The minimum atomic E-state index is -0.0543. The van der Waals surface area contributed by atoms with E-state index in [-0.39, 0.29) is 6.10 Å². The molecule has 0 aromatic heterocycles.